The number of benzene rings is 2. The summed E-state index contributed by atoms with van der Waals surface area (Å²) in [7, 11) is 3.24. The van der Waals surface area contributed by atoms with Crippen molar-refractivity contribution < 1.29 is 19.0 Å². The summed E-state index contributed by atoms with van der Waals surface area (Å²) in [5.74, 6) is 1.38. The Morgan fingerprint density at radius 2 is 1.89 bits per heavy atom. The van der Waals surface area contributed by atoms with Crippen LogP contribution in [0.3, 0.4) is 0 Å². The molecule has 2 aliphatic heterocycles. The number of hydrogen-bond donors (Lipinski definition) is 1. The van der Waals surface area contributed by atoms with Crippen molar-refractivity contribution in [2.45, 2.75) is 25.1 Å². The summed E-state index contributed by atoms with van der Waals surface area (Å²) in [5, 5.41) is 3.51. The zero-order valence-electron chi connectivity index (χ0n) is 15.6. The topological polar surface area (TPSA) is 60.0 Å². The molecule has 0 aromatic heterocycles. The van der Waals surface area contributed by atoms with E-state index in [-0.39, 0.29) is 18.2 Å². The van der Waals surface area contributed by atoms with Crippen LogP contribution in [0.2, 0.25) is 0 Å². The van der Waals surface area contributed by atoms with Crippen molar-refractivity contribution >= 4 is 11.6 Å². The molecule has 2 aromatic carbocycles. The summed E-state index contributed by atoms with van der Waals surface area (Å²) < 4.78 is 16.6. The average Bonchev–Trinajstić information content (AvgIpc) is 3.22. The number of carbonyl (C=O) groups is 1. The fraction of sp³-hybridized carbons (Fsp3) is 0.381. The predicted octanol–water partition coefficient (Wildman–Crippen LogP) is 3.45. The van der Waals surface area contributed by atoms with Gasteiger partial charge in [0.15, 0.2) is 0 Å². The molecule has 0 spiro atoms. The van der Waals surface area contributed by atoms with Gasteiger partial charge in [0.1, 0.15) is 17.7 Å². The van der Waals surface area contributed by atoms with Gasteiger partial charge in [0.05, 0.1) is 25.9 Å². The van der Waals surface area contributed by atoms with Crippen LogP contribution in [0, 0.1) is 0 Å². The molecule has 2 aliphatic rings. The summed E-state index contributed by atoms with van der Waals surface area (Å²) >= 11 is 0. The van der Waals surface area contributed by atoms with Crippen molar-refractivity contribution in [3.63, 3.8) is 0 Å². The van der Waals surface area contributed by atoms with E-state index in [1.807, 2.05) is 47.4 Å². The van der Waals surface area contributed by atoms with E-state index < -0.39 is 0 Å². The minimum absolute atomic E-state index is 0.00615. The number of anilines is 1. The number of ether oxygens (including phenoxy) is 3. The van der Waals surface area contributed by atoms with Crippen molar-refractivity contribution in [3.8, 4) is 11.5 Å². The maximum Gasteiger partial charge on any atom is 0.257 e. The van der Waals surface area contributed by atoms with E-state index in [0.29, 0.717) is 23.6 Å². The zero-order chi connectivity index (χ0) is 18.8. The lowest BCUT2D eigenvalue weighted by molar-refractivity contribution is 0.0426. The predicted molar refractivity (Wildman–Crippen MR) is 102 cm³/mol. The standard InChI is InChI=1S/C21H24N2O4/c1-25-16-10-14(11-17(12-16)26-2)20-22-19-8-4-3-7-18(19)21(24)23(20)13-15-6-5-9-27-15/h3-4,7-8,10-12,15,20,22H,5-6,9,13H2,1-2H3. The highest BCUT2D eigenvalue weighted by Gasteiger charge is 2.35. The van der Waals surface area contributed by atoms with Crippen LogP contribution >= 0.6 is 0 Å². The fourth-order valence-electron chi connectivity index (χ4n) is 3.74. The van der Waals surface area contributed by atoms with Crippen LogP contribution in [0.25, 0.3) is 0 Å². The molecule has 6 nitrogen and oxygen atoms in total. The van der Waals surface area contributed by atoms with Gasteiger partial charge in [0.25, 0.3) is 5.91 Å². The first-order chi connectivity index (χ1) is 13.2. The third kappa shape index (κ3) is 3.45. The molecule has 0 radical (unpaired) electrons. The Balaban J connectivity index is 1.74. The third-order valence-corrected chi connectivity index (χ3v) is 5.14. The molecular weight excluding hydrogens is 344 g/mol. The van der Waals surface area contributed by atoms with Gasteiger partial charge >= 0.3 is 0 Å². The summed E-state index contributed by atoms with van der Waals surface area (Å²) in [4.78, 5) is 15.1. The molecule has 1 N–H and O–H groups in total. The molecule has 0 aliphatic carbocycles. The van der Waals surface area contributed by atoms with E-state index in [4.69, 9.17) is 14.2 Å². The van der Waals surface area contributed by atoms with Gasteiger partial charge in [-0.1, -0.05) is 12.1 Å². The Bertz CT molecular complexity index is 810. The minimum atomic E-state index is -0.319. The third-order valence-electron chi connectivity index (χ3n) is 5.14. The number of nitrogens with zero attached hydrogens (tertiary/aromatic N) is 1. The highest BCUT2D eigenvalue weighted by atomic mass is 16.5. The van der Waals surface area contributed by atoms with Crippen LogP contribution < -0.4 is 14.8 Å². The van der Waals surface area contributed by atoms with Crippen LogP contribution in [0.15, 0.2) is 42.5 Å². The Morgan fingerprint density at radius 1 is 1.15 bits per heavy atom. The molecule has 2 heterocycles. The Kier molecular flexibility index (Phi) is 4.90. The number of fused-ring (bicyclic) bond motifs is 1. The van der Waals surface area contributed by atoms with E-state index in [1.54, 1.807) is 14.2 Å². The number of para-hydroxylation sites is 1. The monoisotopic (exact) mass is 368 g/mol. The lowest BCUT2D eigenvalue weighted by Crippen LogP contribution is -2.46. The van der Waals surface area contributed by atoms with Gasteiger partial charge < -0.3 is 24.4 Å². The molecule has 1 saturated heterocycles. The number of hydrogen-bond acceptors (Lipinski definition) is 5. The Morgan fingerprint density at radius 3 is 2.56 bits per heavy atom. The van der Waals surface area contributed by atoms with Gasteiger partial charge in [-0.05, 0) is 37.1 Å². The first kappa shape index (κ1) is 17.7. The molecule has 142 valence electrons. The largest absolute Gasteiger partial charge is 0.497 e. The number of amides is 1. The molecule has 6 heteroatoms. The number of nitrogens with one attached hydrogen (secondary N) is 1. The smallest absolute Gasteiger partial charge is 0.257 e. The molecule has 1 fully saturated rings. The number of methoxy groups -OCH3 is 2. The first-order valence-corrected chi connectivity index (χ1v) is 9.20. The van der Waals surface area contributed by atoms with Crippen molar-refractivity contribution in [2.24, 2.45) is 0 Å². The van der Waals surface area contributed by atoms with E-state index in [0.717, 1.165) is 30.7 Å². The van der Waals surface area contributed by atoms with Gasteiger partial charge in [-0.15, -0.1) is 0 Å². The number of carbonyl (C=O) groups excluding carboxylic acids is 1. The molecule has 4 rings (SSSR count). The first-order valence-electron chi connectivity index (χ1n) is 9.20. The van der Waals surface area contributed by atoms with Crippen LogP contribution in [-0.2, 0) is 4.74 Å². The minimum Gasteiger partial charge on any atom is -0.497 e. The van der Waals surface area contributed by atoms with Crippen molar-refractivity contribution in [2.75, 3.05) is 32.7 Å². The van der Waals surface area contributed by atoms with E-state index >= 15 is 0 Å². The molecule has 0 bridgehead atoms. The second-order valence-corrected chi connectivity index (χ2v) is 6.83. The average molecular weight is 368 g/mol. The van der Waals surface area contributed by atoms with Gasteiger partial charge in [-0.2, -0.15) is 0 Å². The summed E-state index contributed by atoms with van der Waals surface area (Å²) in [5.41, 5.74) is 2.42. The van der Waals surface area contributed by atoms with Gasteiger partial charge in [-0.3, -0.25) is 4.79 Å². The van der Waals surface area contributed by atoms with E-state index in [2.05, 4.69) is 5.32 Å². The summed E-state index contributed by atoms with van der Waals surface area (Å²) in [6, 6.07) is 13.3. The van der Waals surface area contributed by atoms with E-state index in [9.17, 15) is 4.79 Å². The molecule has 2 aromatic rings. The van der Waals surface area contributed by atoms with Crippen LogP contribution in [0.4, 0.5) is 5.69 Å². The van der Waals surface area contributed by atoms with Crippen LogP contribution in [0.1, 0.15) is 34.9 Å². The lowest BCUT2D eigenvalue weighted by atomic mass is 10.0. The van der Waals surface area contributed by atoms with Gasteiger partial charge in [-0.25, -0.2) is 0 Å². The summed E-state index contributed by atoms with van der Waals surface area (Å²) in [6.45, 7) is 1.30. The molecule has 1 amide bonds. The fourth-order valence-corrected chi connectivity index (χ4v) is 3.74. The molecule has 2 unspecified atom stereocenters. The lowest BCUT2D eigenvalue weighted by Gasteiger charge is -2.39. The maximum absolute atomic E-state index is 13.3. The van der Waals surface area contributed by atoms with E-state index in [1.165, 1.54) is 0 Å². The highest BCUT2D eigenvalue weighted by Crippen LogP contribution is 2.36. The normalized spacial score (nSPS) is 21.6. The van der Waals surface area contributed by atoms with Crippen molar-refractivity contribution in [1.29, 1.82) is 0 Å². The van der Waals surface area contributed by atoms with Gasteiger partial charge in [0, 0.05) is 30.5 Å². The van der Waals surface area contributed by atoms with Gasteiger partial charge in [0.2, 0.25) is 0 Å². The SMILES string of the molecule is COc1cc(OC)cc(C2Nc3ccccc3C(=O)N2CC2CCCO2)c1. The molecule has 2 atom stereocenters. The second-order valence-electron chi connectivity index (χ2n) is 6.83. The highest BCUT2D eigenvalue weighted by molar-refractivity contribution is 6.01. The number of rotatable bonds is 5. The molecule has 27 heavy (non-hydrogen) atoms. The van der Waals surface area contributed by atoms with Crippen molar-refractivity contribution in [3.05, 3.63) is 53.6 Å². The molecule has 0 saturated carbocycles. The zero-order valence-corrected chi connectivity index (χ0v) is 15.6. The summed E-state index contributed by atoms with van der Waals surface area (Å²) in [6.07, 6.45) is 1.75. The Labute approximate surface area is 159 Å². The molecular formula is C21H24N2O4. The van der Waals surface area contributed by atoms with Crippen molar-refractivity contribution in [1.82, 2.24) is 4.90 Å². The Hall–Kier alpha value is -2.73. The van der Waals surface area contributed by atoms with Crippen LogP contribution in [-0.4, -0.2) is 44.3 Å². The maximum atomic E-state index is 13.3. The second kappa shape index (κ2) is 7.48. The van der Waals surface area contributed by atoms with Crippen LogP contribution in [0.5, 0.6) is 11.5 Å². The quantitative estimate of drug-likeness (QED) is 0.876.